The van der Waals surface area contributed by atoms with Crippen LogP contribution in [0.25, 0.3) is 10.2 Å². The smallest absolute Gasteiger partial charge is 0.259 e. The molecule has 2 amide bonds. The highest BCUT2D eigenvalue weighted by molar-refractivity contribution is 7.98. The lowest BCUT2D eigenvalue weighted by atomic mass is 9.97. The molecule has 4 rings (SSSR count). The number of hydrogen-bond donors (Lipinski definition) is 3. The molecule has 1 aliphatic rings. The minimum atomic E-state index is -0.107. The molecular formula is C23H26N4O3S2. The number of aromatic nitrogens is 2. The number of anilines is 1. The number of likely N-dealkylation sites (N-methyl/N-ethyl adjacent to an activating group) is 1. The molecule has 3 aromatic rings. The number of hydrogen-bond acceptors (Lipinski definition) is 6. The van der Waals surface area contributed by atoms with Crippen molar-refractivity contribution in [2.24, 2.45) is 0 Å². The Morgan fingerprint density at radius 1 is 1.19 bits per heavy atom. The fourth-order valence-electron chi connectivity index (χ4n) is 3.88. The van der Waals surface area contributed by atoms with Crippen molar-refractivity contribution in [2.45, 2.75) is 44.3 Å². The summed E-state index contributed by atoms with van der Waals surface area (Å²) in [7, 11) is 1.59. The Labute approximate surface area is 194 Å². The first-order valence-corrected chi connectivity index (χ1v) is 12.7. The molecule has 1 aromatic carbocycles. The van der Waals surface area contributed by atoms with E-state index in [0.29, 0.717) is 29.4 Å². The number of carbonyl (C=O) groups is 2. The van der Waals surface area contributed by atoms with Crippen LogP contribution >= 0.6 is 23.1 Å². The molecule has 2 heterocycles. The maximum atomic E-state index is 12.6. The van der Waals surface area contributed by atoms with Gasteiger partial charge in [0.05, 0.1) is 17.6 Å². The van der Waals surface area contributed by atoms with Crippen LogP contribution in [0.5, 0.6) is 0 Å². The van der Waals surface area contributed by atoms with Crippen LogP contribution in [0.2, 0.25) is 0 Å². The van der Waals surface area contributed by atoms with E-state index in [2.05, 4.69) is 20.6 Å². The van der Waals surface area contributed by atoms with Gasteiger partial charge in [0.25, 0.3) is 5.56 Å². The Balaban J connectivity index is 1.31. The molecule has 0 bridgehead atoms. The van der Waals surface area contributed by atoms with Crippen molar-refractivity contribution in [2.75, 3.05) is 18.1 Å². The molecule has 0 spiro atoms. The van der Waals surface area contributed by atoms with Crippen molar-refractivity contribution in [3.63, 3.8) is 0 Å². The van der Waals surface area contributed by atoms with Crippen molar-refractivity contribution >= 4 is 50.8 Å². The zero-order valence-corrected chi connectivity index (χ0v) is 19.6. The van der Waals surface area contributed by atoms with Crippen molar-refractivity contribution in [3.8, 4) is 0 Å². The number of rotatable bonds is 8. The van der Waals surface area contributed by atoms with Gasteiger partial charge in [0, 0.05) is 29.8 Å². The quantitative estimate of drug-likeness (QED) is 0.438. The fourth-order valence-corrected chi connectivity index (χ4v) is 5.97. The number of amides is 2. The third-order valence-electron chi connectivity index (χ3n) is 5.51. The number of thioether (sulfide) groups is 1. The number of benzene rings is 1. The Bertz CT molecular complexity index is 1200. The van der Waals surface area contributed by atoms with Crippen LogP contribution in [0.4, 0.5) is 5.69 Å². The largest absolute Gasteiger partial charge is 0.359 e. The van der Waals surface area contributed by atoms with Gasteiger partial charge in [-0.25, -0.2) is 4.98 Å². The molecular weight excluding hydrogens is 444 g/mol. The van der Waals surface area contributed by atoms with Gasteiger partial charge in [0.15, 0.2) is 0 Å². The van der Waals surface area contributed by atoms with Crippen LogP contribution in [0, 0.1) is 0 Å². The van der Waals surface area contributed by atoms with Crippen LogP contribution in [0.15, 0.2) is 29.1 Å². The number of carbonyl (C=O) groups excluding carboxylic acids is 2. The van der Waals surface area contributed by atoms with Gasteiger partial charge >= 0.3 is 0 Å². The summed E-state index contributed by atoms with van der Waals surface area (Å²) >= 11 is 3.21. The van der Waals surface area contributed by atoms with Crippen LogP contribution in [-0.4, -0.2) is 34.6 Å². The van der Waals surface area contributed by atoms with Crippen molar-refractivity contribution in [3.05, 3.63) is 56.4 Å². The Morgan fingerprint density at radius 3 is 2.84 bits per heavy atom. The number of fused-ring (bicyclic) bond motifs is 3. The molecule has 7 nitrogen and oxygen atoms in total. The second-order valence-corrected chi connectivity index (χ2v) is 9.95. The highest BCUT2D eigenvalue weighted by Gasteiger charge is 2.19. The summed E-state index contributed by atoms with van der Waals surface area (Å²) in [5.74, 6) is 1.60. The maximum Gasteiger partial charge on any atom is 0.259 e. The van der Waals surface area contributed by atoms with Crippen molar-refractivity contribution in [1.82, 2.24) is 15.3 Å². The van der Waals surface area contributed by atoms with E-state index >= 15 is 0 Å². The summed E-state index contributed by atoms with van der Waals surface area (Å²) in [5, 5.41) is 6.26. The molecule has 32 heavy (non-hydrogen) atoms. The topological polar surface area (TPSA) is 104 Å². The van der Waals surface area contributed by atoms with E-state index in [4.69, 9.17) is 0 Å². The summed E-state index contributed by atoms with van der Waals surface area (Å²) in [5.41, 5.74) is 2.58. The van der Waals surface area contributed by atoms with Crippen LogP contribution in [0.1, 0.15) is 41.1 Å². The van der Waals surface area contributed by atoms with Crippen molar-refractivity contribution < 1.29 is 9.59 Å². The molecule has 0 atom stereocenters. The van der Waals surface area contributed by atoms with E-state index in [0.717, 1.165) is 35.0 Å². The van der Waals surface area contributed by atoms with Gasteiger partial charge in [-0.05, 0) is 42.9 Å². The lowest BCUT2D eigenvalue weighted by Gasteiger charge is -2.10. The van der Waals surface area contributed by atoms with Gasteiger partial charge < -0.3 is 15.6 Å². The van der Waals surface area contributed by atoms with Crippen molar-refractivity contribution in [1.29, 1.82) is 0 Å². The monoisotopic (exact) mass is 470 g/mol. The lowest BCUT2D eigenvalue weighted by molar-refractivity contribution is -0.120. The maximum absolute atomic E-state index is 12.6. The molecule has 3 N–H and O–H groups in total. The third kappa shape index (κ3) is 5.21. The number of nitrogens with zero attached hydrogens (tertiary/aromatic N) is 1. The number of aromatic amines is 1. The number of aryl methyl sites for hydroxylation is 2. The first kappa shape index (κ1) is 22.5. The third-order valence-corrected chi connectivity index (χ3v) is 7.66. The molecule has 2 aromatic heterocycles. The molecule has 0 saturated heterocycles. The Kier molecular flexibility index (Phi) is 7.26. The summed E-state index contributed by atoms with van der Waals surface area (Å²) in [6, 6.07) is 7.31. The van der Waals surface area contributed by atoms with Crippen LogP contribution < -0.4 is 16.2 Å². The summed E-state index contributed by atoms with van der Waals surface area (Å²) in [4.78, 5) is 46.4. The highest BCUT2D eigenvalue weighted by Crippen LogP contribution is 2.33. The first-order valence-electron chi connectivity index (χ1n) is 10.7. The van der Waals surface area contributed by atoms with Crippen LogP contribution in [-0.2, 0) is 34.6 Å². The minimum absolute atomic E-state index is 0.0459. The first-order chi connectivity index (χ1) is 15.5. The number of H-pyrrole nitrogens is 1. The van der Waals surface area contributed by atoms with Gasteiger partial charge in [0.1, 0.15) is 10.7 Å². The van der Waals surface area contributed by atoms with Crippen LogP contribution in [0.3, 0.4) is 0 Å². The van der Waals surface area contributed by atoms with Gasteiger partial charge in [-0.2, -0.15) is 11.8 Å². The van der Waals surface area contributed by atoms with E-state index in [1.807, 2.05) is 18.2 Å². The van der Waals surface area contributed by atoms with Gasteiger partial charge in [-0.15, -0.1) is 11.3 Å². The summed E-state index contributed by atoms with van der Waals surface area (Å²) < 4.78 is 0. The second-order valence-electron chi connectivity index (χ2n) is 7.76. The average Bonchev–Trinajstić information content (AvgIpc) is 3.17. The fraction of sp³-hybridized carbons (Fsp3) is 0.391. The van der Waals surface area contributed by atoms with Gasteiger partial charge in [-0.3, -0.25) is 14.4 Å². The molecule has 0 fully saturated rings. The Morgan fingerprint density at radius 2 is 2.00 bits per heavy atom. The predicted molar refractivity (Wildman–Crippen MR) is 131 cm³/mol. The summed E-state index contributed by atoms with van der Waals surface area (Å²) in [6.07, 6.45) is 4.87. The van der Waals surface area contributed by atoms with E-state index < -0.39 is 0 Å². The molecule has 0 aliphatic heterocycles. The number of nitrogens with one attached hydrogen (secondary N) is 3. The number of para-hydroxylation sites is 1. The number of thiophene rings is 1. The SMILES string of the molecule is CNC(=O)Cc1ccccc1NC(=O)CCSCc1nc2sc3c(c2c(=O)[nH]1)CCCC3. The van der Waals surface area contributed by atoms with E-state index in [-0.39, 0.29) is 23.8 Å². The zero-order valence-electron chi connectivity index (χ0n) is 18.0. The van der Waals surface area contributed by atoms with E-state index in [9.17, 15) is 14.4 Å². The summed E-state index contributed by atoms with van der Waals surface area (Å²) in [6.45, 7) is 0. The van der Waals surface area contributed by atoms with Gasteiger partial charge in [-0.1, -0.05) is 18.2 Å². The minimum Gasteiger partial charge on any atom is -0.359 e. The molecule has 1 aliphatic carbocycles. The normalized spacial score (nSPS) is 13.0. The van der Waals surface area contributed by atoms with Gasteiger partial charge in [0.2, 0.25) is 11.8 Å². The zero-order chi connectivity index (χ0) is 22.5. The second kappa shape index (κ2) is 10.3. The molecule has 0 saturated carbocycles. The van der Waals surface area contributed by atoms with E-state index in [1.165, 1.54) is 16.9 Å². The molecule has 168 valence electrons. The molecule has 0 radical (unpaired) electrons. The predicted octanol–water partition coefficient (Wildman–Crippen LogP) is 3.41. The lowest BCUT2D eigenvalue weighted by Crippen LogP contribution is -2.21. The molecule has 0 unspecified atom stereocenters. The standard InChI is InChI=1S/C23H26N4O3S2/c1-24-20(29)12-14-6-2-4-8-16(14)25-19(28)10-11-31-13-18-26-22(30)21-15-7-3-5-9-17(15)32-23(21)27-18/h2,4,6,8H,3,5,7,9-13H2,1H3,(H,24,29)(H,25,28)(H,26,27,30). The molecule has 9 heteroatoms. The average molecular weight is 471 g/mol. The Hall–Kier alpha value is -2.65. The highest BCUT2D eigenvalue weighted by atomic mass is 32.2. The van der Waals surface area contributed by atoms with E-state index in [1.54, 1.807) is 36.2 Å².